The SMILES string of the molecule is COc1ccc2c(C)c(CCC(=O)NC3(c4ccccc4)CCC3)c(=O)oc2c1. The summed E-state index contributed by atoms with van der Waals surface area (Å²) < 4.78 is 10.7. The first-order valence-corrected chi connectivity index (χ1v) is 9.99. The molecule has 0 saturated heterocycles. The van der Waals surface area contributed by atoms with Crippen molar-refractivity contribution in [2.75, 3.05) is 7.11 Å². The molecule has 1 aromatic heterocycles. The molecule has 2 aromatic carbocycles. The van der Waals surface area contributed by atoms with Crippen LogP contribution in [0.5, 0.6) is 5.75 Å². The summed E-state index contributed by atoms with van der Waals surface area (Å²) in [4.78, 5) is 25.2. The first-order chi connectivity index (χ1) is 14.0. The van der Waals surface area contributed by atoms with E-state index in [0.717, 1.165) is 35.8 Å². The van der Waals surface area contributed by atoms with Gasteiger partial charge >= 0.3 is 5.63 Å². The number of methoxy groups -OCH3 is 1. The molecule has 0 unspecified atom stereocenters. The van der Waals surface area contributed by atoms with Crippen molar-refractivity contribution < 1.29 is 13.9 Å². The standard InChI is InChI=1S/C24H25NO4/c1-16-19-10-9-18(28-2)15-21(19)29-23(27)20(16)11-12-22(26)25-24(13-6-14-24)17-7-4-3-5-8-17/h3-5,7-10,15H,6,11-14H2,1-2H3,(H,25,26). The van der Waals surface area contributed by atoms with Crippen molar-refractivity contribution in [2.24, 2.45) is 0 Å². The number of nitrogens with one attached hydrogen (secondary N) is 1. The van der Waals surface area contributed by atoms with E-state index in [1.807, 2.05) is 37.3 Å². The zero-order valence-electron chi connectivity index (χ0n) is 16.8. The summed E-state index contributed by atoms with van der Waals surface area (Å²) in [7, 11) is 1.57. The highest BCUT2D eigenvalue weighted by Gasteiger charge is 2.39. The number of carbonyl (C=O) groups excluding carboxylic acids is 1. The Morgan fingerprint density at radius 3 is 2.59 bits per heavy atom. The minimum absolute atomic E-state index is 0.0396. The molecule has 1 N–H and O–H groups in total. The van der Waals surface area contributed by atoms with Crippen LogP contribution in [0.15, 0.2) is 57.7 Å². The average Bonchev–Trinajstić information content (AvgIpc) is 2.70. The molecule has 5 nitrogen and oxygen atoms in total. The van der Waals surface area contributed by atoms with Crippen LogP contribution in [-0.4, -0.2) is 13.0 Å². The van der Waals surface area contributed by atoms with Gasteiger partial charge in [-0.2, -0.15) is 0 Å². The van der Waals surface area contributed by atoms with E-state index >= 15 is 0 Å². The van der Waals surface area contributed by atoms with Crippen LogP contribution in [0.1, 0.15) is 42.4 Å². The Morgan fingerprint density at radius 1 is 1.17 bits per heavy atom. The maximum atomic E-state index is 12.7. The van der Waals surface area contributed by atoms with Crippen LogP contribution in [-0.2, 0) is 16.8 Å². The predicted molar refractivity (Wildman–Crippen MR) is 112 cm³/mol. The maximum Gasteiger partial charge on any atom is 0.339 e. The number of carbonyl (C=O) groups is 1. The van der Waals surface area contributed by atoms with Crippen LogP contribution in [0.3, 0.4) is 0 Å². The molecule has 1 aliphatic rings. The molecule has 0 spiro atoms. The molecular weight excluding hydrogens is 366 g/mol. The summed E-state index contributed by atoms with van der Waals surface area (Å²) in [5.74, 6) is 0.598. The molecule has 1 aliphatic carbocycles. The van der Waals surface area contributed by atoms with Crippen LogP contribution in [0.2, 0.25) is 0 Å². The Hall–Kier alpha value is -3.08. The van der Waals surface area contributed by atoms with Gasteiger partial charge in [-0.25, -0.2) is 4.79 Å². The highest BCUT2D eigenvalue weighted by atomic mass is 16.5. The summed E-state index contributed by atoms with van der Waals surface area (Å²) in [6, 6.07) is 15.5. The third kappa shape index (κ3) is 3.65. The van der Waals surface area contributed by atoms with Crippen molar-refractivity contribution >= 4 is 16.9 Å². The van der Waals surface area contributed by atoms with Gasteiger partial charge in [0.2, 0.25) is 5.91 Å². The smallest absolute Gasteiger partial charge is 0.339 e. The number of hydrogen-bond donors (Lipinski definition) is 1. The number of rotatable bonds is 6. The van der Waals surface area contributed by atoms with Gasteiger partial charge in [0.1, 0.15) is 11.3 Å². The first kappa shape index (κ1) is 19.2. The lowest BCUT2D eigenvalue weighted by atomic mass is 9.71. The normalized spacial score (nSPS) is 15.0. The molecule has 3 aromatic rings. The van der Waals surface area contributed by atoms with E-state index in [-0.39, 0.29) is 17.9 Å². The second-order valence-electron chi connectivity index (χ2n) is 7.71. The fourth-order valence-electron chi connectivity index (χ4n) is 4.13. The predicted octanol–water partition coefficient (Wildman–Crippen LogP) is 4.24. The second-order valence-corrected chi connectivity index (χ2v) is 7.71. The molecule has 0 radical (unpaired) electrons. The summed E-state index contributed by atoms with van der Waals surface area (Å²) in [6.45, 7) is 1.90. The van der Waals surface area contributed by atoms with E-state index in [1.54, 1.807) is 13.2 Å². The fraction of sp³-hybridized carbons (Fsp3) is 0.333. The molecule has 4 rings (SSSR count). The van der Waals surface area contributed by atoms with Gasteiger partial charge in [-0.3, -0.25) is 4.79 Å². The van der Waals surface area contributed by atoms with Gasteiger partial charge in [-0.15, -0.1) is 0 Å². The fourth-order valence-corrected chi connectivity index (χ4v) is 4.13. The van der Waals surface area contributed by atoms with Crippen LogP contribution >= 0.6 is 0 Å². The number of amides is 1. The topological polar surface area (TPSA) is 68.5 Å². The summed E-state index contributed by atoms with van der Waals surface area (Å²) in [5, 5.41) is 4.08. The van der Waals surface area contributed by atoms with Crippen molar-refractivity contribution in [3.63, 3.8) is 0 Å². The molecule has 0 atom stereocenters. The molecule has 1 amide bonds. The zero-order chi connectivity index (χ0) is 20.4. The van der Waals surface area contributed by atoms with Crippen molar-refractivity contribution in [1.82, 2.24) is 5.32 Å². The van der Waals surface area contributed by atoms with E-state index in [0.29, 0.717) is 23.3 Å². The average molecular weight is 391 g/mol. The highest BCUT2D eigenvalue weighted by molar-refractivity contribution is 5.83. The Balaban J connectivity index is 1.51. The molecule has 0 aliphatic heterocycles. The quantitative estimate of drug-likeness (QED) is 0.638. The monoisotopic (exact) mass is 391 g/mol. The van der Waals surface area contributed by atoms with Gasteiger partial charge in [0, 0.05) is 23.4 Å². The number of benzene rings is 2. The summed E-state index contributed by atoms with van der Waals surface area (Å²) >= 11 is 0. The second kappa shape index (κ2) is 7.74. The Labute approximate surface area is 169 Å². The molecule has 1 fully saturated rings. The molecular formula is C24H25NO4. The van der Waals surface area contributed by atoms with Crippen molar-refractivity contribution in [3.05, 3.63) is 75.6 Å². The van der Waals surface area contributed by atoms with Crippen molar-refractivity contribution in [1.29, 1.82) is 0 Å². The van der Waals surface area contributed by atoms with Crippen LogP contribution in [0.25, 0.3) is 11.0 Å². The van der Waals surface area contributed by atoms with Gasteiger partial charge in [-0.1, -0.05) is 30.3 Å². The highest BCUT2D eigenvalue weighted by Crippen LogP contribution is 2.41. The van der Waals surface area contributed by atoms with Gasteiger partial charge in [0.25, 0.3) is 0 Å². The van der Waals surface area contributed by atoms with Crippen LogP contribution in [0, 0.1) is 6.92 Å². The third-order valence-corrected chi connectivity index (χ3v) is 6.01. The van der Waals surface area contributed by atoms with E-state index in [1.165, 1.54) is 0 Å². The minimum atomic E-state index is -0.391. The molecule has 1 saturated carbocycles. The first-order valence-electron chi connectivity index (χ1n) is 9.99. The van der Waals surface area contributed by atoms with Crippen molar-refractivity contribution in [2.45, 2.75) is 44.6 Å². The molecule has 29 heavy (non-hydrogen) atoms. The largest absolute Gasteiger partial charge is 0.497 e. The van der Waals surface area contributed by atoms with E-state index < -0.39 is 5.63 Å². The summed E-state index contributed by atoms with van der Waals surface area (Å²) in [6.07, 6.45) is 3.60. The Morgan fingerprint density at radius 2 is 1.93 bits per heavy atom. The molecule has 1 heterocycles. The van der Waals surface area contributed by atoms with E-state index in [4.69, 9.17) is 9.15 Å². The molecule has 5 heteroatoms. The molecule has 150 valence electrons. The number of hydrogen-bond acceptors (Lipinski definition) is 4. The van der Waals surface area contributed by atoms with Crippen LogP contribution in [0.4, 0.5) is 0 Å². The number of fused-ring (bicyclic) bond motifs is 1. The lowest BCUT2D eigenvalue weighted by Gasteiger charge is -2.43. The van der Waals surface area contributed by atoms with Crippen LogP contribution < -0.4 is 15.7 Å². The number of aryl methyl sites for hydroxylation is 1. The maximum absolute atomic E-state index is 12.7. The third-order valence-electron chi connectivity index (χ3n) is 6.01. The Bertz CT molecular complexity index is 1100. The van der Waals surface area contributed by atoms with Gasteiger partial charge in [0.05, 0.1) is 12.6 Å². The Kier molecular flexibility index (Phi) is 5.14. The van der Waals surface area contributed by atoms with Crippen molar-refractivity contribution in [3.8, 4) is 5.75 Å². The summed E-state index contributed by atoms with van der Waals surface area (Å²) in [5.41, 5.74) is 2.40. The van der Waals surface area contributed by atoms with E-state index in [2.05, 4.69) is 17.4 Å². The lowest BCUT2D eigenvalue weighted by molar-refractivity contribution is -0.124. The zero-order valence-corrected chi connectivity index (χ0v) is 16.8. The van der Waals surface area contributed by atoms with Gasteiger partial charge in [-0.05, 0) is 55.9 Å². The van der Waals surface area contributed by atoms with Gasteiger partial charge in [0.15, 0.2) is 0 Å². The lowest BCUT2D eigenvalue weighted by Crippen LogP contribution is -2.50. The van der Waals surface area contributed by atoms with Gasteiger partial charge < -0.3 is 14.5 Å². The van der Waals surface area contributed by atoms with E-state index in [9.17, 15) is 9.59 Å². The molecule has 0 bridgehead atoms. The minimum Gasteiger partial charge on any atom is -0.497 e. The number of ether oxygens (including phenoxy) is 1.